The highest BCUT2D eigenvalue weighted by Crippen LogP contribution is 2.29. The second-order valence-corrected chi connectivity index (χ2v) is 8.59. The number of allylic oxidation sites excluding steroid dienone is 6. The fourth-order valence-corrected chi connectivity index (χ4v) is 4.18. The van der Waals surface area contributed by atoms with Crippen molar-refractivity contribution in [2.45, 2.75) is 32.3 Å². The summed E-state index contributed by atoms with van der Waals surface area (Å²) in [5.74, 6) is -2.62. The van der Waals surface area contributed by atoms with Crippen LogP contribution >= 0.6 is 0 Å². The van der Waals surface area contributed by atoms with Crippen LogP contribution in [0.2, 0.25) is 0 Å². The summed E-state index contributed by atoms with van der Waals surface area (Å²) in [6.45, 7) is 1.64. The SMILES string of the molecule is CC(=O)NC[C@H]1CC(Cc2ccc(C3=CC=CC(C(=O)c4ccc([N+](=O)[O-])o4)=CC3)c(F)c2)C(=O)O1. The van der Waals surface area contributed by atoms with E-state index in [1.54, 1.807) is 36.4 Å². The van der Waals surface area contributed by atoms with Crippen LogP contribution < -0.4 is 5.32 Å². The van der Waals surface area contributed by atoms with Crippen molar-refractivity contribution in [3.8, 4) is 0 Å². The first-order valence-electron chi connectivity index (χ1n) is 11.3. The van der Waals surface area contributed by atoms with Crippen molar-refractivity contribution in [2.24, 2.45) is 5.92 Å². The summed E-state index contributed by atoms with van der Waals surface area (Å²) in [7, 11) is 0. The normalized spacial score (nSPS) is 19.2. The van der Waals surface area contributed by atoms with Gasteiger partial charge in [-0.15, -0.1) is 0 Å². The molecule has 1 amide bonds. The largest absolute Gasteiger partial charge is 0.460 e. The Kier molecular flexibility index (Phi) is 7.23. The van der Waals surface area contributed by atoms with Crippen LogP contribution in [-0.2, 0) is 20.7 Å². The maximum atomic E-state index is 15.0. The van der Waals surface area contributed by atoms with Gasteiger partial charge in [-0.3, -0.25) is 24.5 Å². The van der Waals surface area contributed by atoms with Crippen molar-refractivity contribution in [2.75, 3.05) is 6.54 Å². The molecule has 2 heterocycles. The number of nitro groups is 1. The first-order valence-corrected chi connectivity index (χ1v) is 11.3. The number of carbonyl (C=O) groups excluding carboxylic acids is 3. The zero-order chi connectivity index (χ0) is 25.8. The lowest BCUT2D eigenvalue weighted by Crippen LogP contribution is -2.30. The van der Waals surface area contributed by atoms with E-state index in [0.29, 0.717) is 29.5 Å². The van der Waals surface area contributed by atoms with E-state index < -0.39 is 34.4 Å². The Balaban J connectivity index is 1.41. The van der Waals surface area contributed by atoms with E-state index in [0.717, 1.165) is 6.07 Å². The van der Waals surface area contributed by atoms with Crippen LogP contribution in [0.3, 0.4) is 0 Å². The van der Waals surface area contributed by atoms with Gasteiger partial charge in [-0.2, -0.15) is 0 Å². The van der Waals surface area contributed by atoms with Crippen molar-refractivity contribution in [1.29, 1.82) is 0 Å². The number of carbonyl (C=O) groups is 3. The molecule has 0 radical (unpaired) electrons. The molecule has 1 fully saturated rings. The lowest BCUT2D eigenvalue weighted by Gasteiger charge is -2.10. The van der Waals surface area contributed by atoms with Gasteiger partial charge in [-0.25, -0.2) is 4.39 Å². The summed E-state index contributed by atoms with van der Waals surface area (Å²) >= 11 is 0. The molecule has 1 unspecified atom stereocenters. The molecule has 1 aliphatic heterocycles. The quantitative estimate of drug-likeness (QED) is 0.253. The molecule has 1 aromatic carbocycles. The fraction of sp³-hybridized carbons (Fsp3) is 0.269. The van der Waals surface area contributed by atoms with Gasteiger partial charge >= 0.3 is 11.9 Å². The molecule has 0 spiro atoms. The lowest BCUT2D eigenvalue weighted by molar-refractivity contribution is -0.402. The minimum atomic E-state index is -0.722. The number of hydrogen-bond acceptors (Lipinski definition) is 7. The first kappa shape index (κ1) is 24.8. The molecule has 36 heavy (non-hydrogen) atoms. The van der Waals surface area contributed by atoms with Crippen LogP contribution in [0.1, 0.15) is 41.4 Å². The summed E-state index contributed by atoms with van der Waals surface area (Å²) in [5, 5.41) is 13.4. The van der Waals surface area contributed by atoms with E-state index in [1.165, 1.54) is 19.1 Å². The third-order valence-electron chi connectivity index (χ3n) is 5.98. The minimum absolute atomic E-state index is 0.152. The Morgan fingerprint density at radius 2 is 2.06 bits per heavy atom. The maximum Gasteiger partial charge on any atom is 0.433 e. The second-order valence-electron chi connectivity index (χ2n) is 8.59. The van der Waals surface area contributed by atoms with E-state index in [-0.39, 0.29) is 36.2 Å². The zero-order valence-corrected chi connectivity index (χ0v) is 19.4. The van der Waals surface area contributed by atoms with E-state index in [2.05, 4.69) is 5.32 Å². The monoisotopic (exact) mass is 494 g/mol. The number of amides is 1. The predicted octanol–water partition coefficient (Wildman–Crippen LogP) is 4.09. The Morgan fingerprint density at radius 1 is 1.25 bits per heavy atom. The van der Waals surface area contributed by atoms with Gasteiger partial charge in [0.2, 0.25) is 11.7 Å². The van der Waals surface area contributed by atoms with Crippen LogP contribution in [0.5, 0.6) is 0 Å². The Labute approximate surface area is 205 Å². The number of Topliss-reactive ketones (excluding diaryl/α,β-unsaturated/α-hetero) is 1. The van der Waals surface area contributed by atoms with Gasteiger partial charge in [0.05, 0.1) is 18.5 Å². The molecular formula is C26H23FN2O7. The molecule has 4 rings (SSSR count). The summed E-state index contributed by atoms with van der Waals surface area (Å²) in [6, 6.07) is 7.13. The van der Waals surface area contributed by atoms with Crippen molar-refractivity contribution in [3.05, 3.63) is 93.0 Å². The zero-order valence-electron chi connectivity index (χ0n) is 19.4. The molecule has 1 saturated heterocycles. The van der Waals surface area contributed by atoms with E-state index in [4.69, 9.17) is 9.15 Å². The molecule has 0 saturated carbocycles. The smallest absolute Gasteiger partial charge is 0.433 e. The highest BCUT2D eigenvalue weighted by atomic mass is 19.1. The average molecular weight is 494 g/mol. The number of furan rings is 1. The number of cyclic esters (lactones) is 1. The summed E-state index contributed by atoms with van der Waals surface area (Å²) < 4.78 is 25.3. The van der Waals surface area contributed by atoms with Gasteiger partial charge in [0.25, 0.3) is 0 Å². The molecule has 2 aliphatic rings. The Bertz CT molecular complexity index is 1320. The molecule has 0 bridgehead atoms. The van der Waals surface area contributed by atoms with E-state index >= 15 is 4.39 Å². The van der Waals surface area contributed by atoms with Crippen molar-refractivity contribution in [3.63, 3.8) is 0 Å². The fourth-order valence-electron chi connectivity index (χ4n) is 4.18. The van der Waals surface area contributed by atoms with Gasteiger partial charge in [0.1, 0.15) is 16.8 Å². The third kappa shape index (κ3) is 5.65. The molecule has 186 valence electrons. The van der Waals surface area contributed by atoms with Gasteiger partial charge in [-0.1, -0.05) is 36.4 Å². The minimum Gasteiger partial charge on any atom is -0.460 e. The van der Waals surface area contributed by atoms with Crippen molar-refractivity contribution in [1.82, 2.24) is 5.32 Å². The topological polar surface area (TPSA) is 129 Å². The van der Waals surface area contributed by atoms with Gasteiger partial charge < -0.3 is 14.5 Å². The van der Waals surface area contributed by atoms with Crippen LogP contribution in [0.15, 0.2) is 64.6 Å². The number of esters is 1. The third-order valence-corrected chi connectivity index (χ3v) is 5.98. The molecule has 1 N–H and O–H groups in total. The Hall–Kier alpha value is -4.34. The molecule has 9 nitrogen and oxygen atoms in total. The van der Waals surface area contributed by atoms with E-state index in [9.17, 15) is 24.5 Å². The van der Waals surface area contributed by atoms with Crippen LogP contribution in [0.4, 0.5) is 10.3 Å². The Morgan fingerprint density at radius 3 is 2.75 bits per heavy atom. The molecule has 2 atom stereocenters. The molecule has 10 heteroatoms. The van der Waals surface area contributed by atoms with Crippen molar-refractivity contribution < 1.29 is 32.9 Å². The van der Waals surface area contributed by atoms with Crippen LogP contribution in [-0.4, -0.2) is 35.2 Å². The van der Waals surface area contributed by atoms with E-state index in [1.807, 2.05) is 0 Å². The van der Waals surface area contributed by atoms with Crippen LogP contribution in [0, 0.1) is 21.8 Å². The average Bonchev–Trinajstić information content (AvgIpc) is 3.38. The lowest BCUT2D eigenvalue weighted by atomic mass is 9.93. The summed E-state index contributed by atoms with van der Waals surface area (Å²) in [4.78, 5) is 46.0. The number of ketones is 1. The van der Waals surface area contributed by atoms with Gasteiger partial charge in [0.15, 0.2) is 5.76 Å². The standard InChI is InChI=1S/C26H23FN2O7/c1-15(30)28-14-20-13-19(26(32)35-20)11-16-5-8-21(22(27)12-16)17-3-2-4-18(7-6-17)25(31)23-9-10-24(36-23)29(33)34/h2-5,7-10,12,19-20H,6,11,13-14H2,1H3,(H,28,30)/t19?,20-/m1/s1. The number of benzene rings is 1. The number of nitrogens with one attached hydrogen (secondary N) is 1. The second kappa shape index (κ2) is 10.5. The molecule has 1 aliphatic carbocycles. The maximum absolute atomic E-state index is 15.0. The van der Waals surface area contributed by atoms with Gasteiger partial charge in [0, 0.05) is 18.1 Å². The number of hydrogen-bond donors (Lipinski definition) is 1. The summed E-state index contributed by atoms with van der Waals surface area (Å²) in [5.41, 5.74) is 1.92. The molecular weight excluding hydrogens is 471 g/mol. The number of halogens is 1. The first-order chi connectivity index (χ1) is 17.2. The predicted molar refractivity (Wildman–Crippen MR) is 126 cm³/mol. The number of rotatable bonds is 8. The molecule has 1 aromatic heterocycles. The van der Waals surface area contributed by atoms with Gasteiger partial charge in [-0.05, 0) is 42.5 Å². The summed E-state index contributed by atoms with van der Waals surface area (Å²) in [6.07, 6.45) is 7.09. The number of ether oxygens (including phenoxy) is 1. The highest BCUT2D eigenvalue weighted by Gasteiger charge is 2.34. The van der Waals surface area contributed by atoms with Crippen LogP contribution in [0.25, 0.3) is 5.57 Å². The molecule has 2 aromatic rings. The van der Waals surface area contributed by atoms with Crippen molar-refractivity contribution >= 4 is 29.1 Å². The number of nitrogens with zero attached hydrogens (tertiary/aromatic N) is 1. The highest BCUT2D eigenvalue weighted by molar-refractivity contribution is 6.09.